The van der Waals surface area contributed by atoms with Crippen molar-refractivity contribution in [3.8, 4) is 11.3 Å². The lowest BCUT2D eigenvalue weighted by molar-refractivity contribution is 0.731. The molecule has 0 N–H and O–H groups in total. The summed E-state index contributed by atoms with van der Waals surface area (Å²) in [5.74, 6) is 0. The minimum absolute atomic E-state index is 0.852. The molecule has 3 aromatic heterocycles. The molecule has 86 valence electrons. The average molecular weight is 227 g/mol. The minimum Gasteiger partial charge on any atom is -0.304 e. The van der Waals surface area contributed by atoms with Crippen molar-refractivity contribution in [1.82, 2.24) is 24.1 Å². The second-order valence-corrected chi connectivity index (χ2v) is 4.14. The van der Waals surface area contributed by atoms with Gasteiger partial charge in [-0.3, -0.25) is 9.67 Å². The van der Waals surface area contributed by atoms with Gasteiger partial charge in [-0.25, -0.2) is 4.98 Å². The van der Waals surface area contributed by atoms with Crippen LogP contribution in [0.2, 0.25) is 0 Å². The van der Waals surface area contributed by atoms with E-state index in [1.54, 1.807) is 12.4 Å². The van der Waals surface area contributed by atoms with Crippen molar-refractivity contribution in [2.45, 2.75) is 13.8 Å². The molecule has 0 atom stereocenters. The smallest absolute Gasteiger partial charge is 0.155 e. The molecule has 0 fully saturated rings. The molecule has 3 aromatic rings. The third-order valence-corrected chi connectivity index (χ3v) is 3.03. The van der Waals surface area contributed by atoms with Gasteiger partial charge in [-0.05, 0) is 13.8 Å². The fourth-order valence-corrected chi connectivity index (χ4v) is 2.11. The van der Waals surface area contributed by atoms with Crippen molar-refractivity contribution in [2.24, 2.45) is 7.05 Å². The van der Waals surface area contributed by atoms with Crippen molar-refractivity contribution in [1.29, 1.82) is 0 Å². The molecule has 0 aliphatic heterocycles. The Kier molecular flexibility index (Phi) is 2.01. The second-order valence-electron chi connectivity index (χ2n) is 4.14. The van der Waals surface area contributed by atoms with Gasteiger partial charge in [0.2, 0.25) is 0 Å². The Balaban J connectivity index is 2.27. The summed E-state index contributed by atoms with van der Waals surface area (Å²) in [6, 6.07) is 0. The third kappa shape index (κ3) is 1.43. The lowest BCUT2D eigenvalue weighted by Crippen LogP contribution is -1.92. The lowest BCUT2D eigenvalue weighted by atomic mass is 10.1. The van der Waals surface area contributed by atoms with E-state index in [0.717, 1.165) is 28.3 Å². The normalized spacial score (nSPS) is 11.2. The van der Waals surface area contributed by atoms with Gasteiger partial charge in [0.25, 0.3) is 0 Å². The molecule has 3 heterocycles. The van der Waals surface area contributed by atoms with Crippen molar-refractivity contribution in [3.05, 3.63) is 36.2 Å². The molecule has 0 spiro atoms. The summed E-state index contributed by atoms with van der Waals surface area (Å²) < 4.78 is 3.85. The highest BCUT2D eigenvalue weighted by molar-refractivity contribution is 5.67. The van der Waals surface area contributed by atoms with Gasteiger partial charge >= 0.3 is 0 Å². The zero-order valence-corrected chi connectivity index (χ0v) is 10.0. The molecular weight excluding hydrogens is 214 g/mol. The Hall–Kier alpha value is -2.17. The summed E-state index contributed by atoms with van der Waals surface area (Å²) >= 11 is 0. The number of aromatic nitrogens is 5. The summed E-state index contributed by atoms with van der Waals surface area (Å²) in [6.07, 6.45) is 7.41. The highest BCUT2D eigenvalue weighted by Crippen LogP contribution is 2.25. The van der Waals surface area contributed by atoms with Crippen LogP contribution in [0.4, 0.5) is 0 Å². The van der Waals surface area contributed by atoms with E-state index in [1.165, 1.54) is 0 Å². The number of aryl methyl sites for hydroxylation is 2. The van der Waals surface area contributed by atoms with Crippen molar-refractivity contribution < 1.29 is 0 Å². The predicted octanol–water partition coefficient (Wildman–Crippen LogP) is 1.75. The van der Waals surface area contributed by atoms with Crippen LogP contribution in [0, 0.1) is 13.8 Å². The predicted molar refractivity (Wildman–Crippen MR) is 64.7 cm³/mol. The molecular formula is C12H13N5. The summed E-state index contributed by atoms with van der Waals surface area (Å²) in [7, 11) is 1.95. The molecule has 0 saturated carbocycles. The monoisotopic (exact) mass is 227 g/mol. The SMILES string of the molecule is Cc1nn(C)c(C)c1-c1cn2ccncc2n1. The van der Waals surface area contributed by atoms with E-state index in [2.05, 4.69) is 22.0 Å². The van der Waals surface area contributed by atoms with Gasteiger partial charge < -0.3 is 4.40 Å². The van der Waals surface area contributed by atoms with E-state index in [1.807, 2.05) is 35.4 Å². The summed E-state index contributed by atoms with van der Waals surface area (Å²) in [5, 5.41) is 4.41. The van der Waals surface area contributed by atoms with Crippen molar-refractivity contribution >= 4 is 5.65 Å². The van der Waals surface area contributed by atoms with Crippen LogP contribution in [0.15, 0.2) is 24.8 Å². The number of hydrogen-bond donors (Lipinski definition) is 0. The van der Waals surface area contributed by atoms with E-state index in [9.17, 15) is 0 Å². The summed E-state index contributed by atoms with van der Waals surface area (Å²) in [6.45, 7) is 4.06. The number of imidazole rings is 1. The largest absolute Gasteiger partial charge is 0.304 e. The van der Waals surface area contributed by atoms with Crippen LogP contribution < -0.4 is 0 Å². The first kappa shape index (κ1) is 10.0. The van der Waals surface area contributed by atoms with Crippen LogP contribution in [-0.4, -0.2) is 24.1 Å². The van der Waals surface area contributed by atoms with Crippen LogP contribution >= 0.6 is 0 Å². The first-order valence-electron chi connectivity index (χ1n) is 5.46. The van der Waals surface area contributed by atoms with Crippen LogP contribution in [0.3, 0.4) is 0 Å². The standard InChI is InChI=1S/C12H13N5/c1-8-12(9(2)16(3)15-8)10-7-17-5-4-13-6-11(17)14-10/h4-7H,1-3H3. The number of rotatable bonds is 1. The Morgan fingerprint density at radius 2 is 2.06 bits per heavy atom. The molecule has 0 aromatic carbocycles. The van der Waals surface area contributed by atoms with E-state index >= 15 is 0 Å². The molecule has 0 amide bonds. The molecule has 5 nitrogen and oxygen atoms in total. The zero-order chi connectivity index (χ0) is 12.0. The fourth-order valence-electron chi connectivity index (χ4n) is 2.11. The average Bonchev–Trinajstić information content (AvgIpc) is 2.81. The Morgan fingerprint density at radius 1 is 1.24 bits per heavy atom. The van der Waals surface area contributed by atoms with Gasteiger partial charge in [0.1, 0.15) is 0 Å². The second kappa shape index (κ2) is 3.41. The van der Waals surface area contributed by atoms with Gasteiger partial charge in [0.15, 0.2) is 5.65 Å². The van der Waals surface area contributed by atoms with Gasteiger partial charge in [-0.1, -0.05) is 0 Å². The van der Waals surface area contributed by atoms with Gasteiger partial charge in [-0.2, -0.15) is 5.10 Å². The van der Waals surface area contributed by atoms with Crippen LogP contribution in [0.1, 0.15) is 11.4 Å². The van der Waals surface area contributed by atoms with Gasteiger partial charge in [0, 0.05) is 36.9 Å². The first-order valence-corrected chi connectivity index (χ1v) is 5.46. The van der Waals surface area contributed by atoms with Crippen LogP contribution in [0.25, 0.3) is 16.9 Å². The zero-order valence-electron chi connectivity index (χ0n) is 10.0. The van der Waals surface area contributed by atoms with E-state index in [4.69, 9.17) is 0 Å². The first-order chi connectivity index (χ1) is 8.16. The summed E-state index contributed by atoms with van der Waals surface area (Å²) in [4.78, 5) is 8.63. The lowest BCUT2D eigenvalue weighted by Gasteiger charge is -1.96. The molecule has 0 bridgehead atoms. The van der Waals surface area contributed by atoms with Crippen LogP contribution in [0.5, 0.6) is 0 Å². The maximum Gasteiger partial charge on any atom is 0.155 e. The molecule has 0 aliphatic rings. The molecule has 0 unspecified atom stereocenters. The molecule has 0 aliphatic carbocycles. The number of hydrogen-bond acceptors (Lipinski definition) is 3. The number of nitrogens with zero attached hydrogens (tertiary/aromatic N) is 5. The molecule has 5 heteroatoms. The van der Waals surface area contributed by atoms with E-state index in [-0.39, 0.29) is 0 Å². The highest BCUT2D eigenvalue weighted by atomic mass is 15.3. The third-order valence-electron chi connectivity index (χ3n) is 3.03. The molecule has 0 saturated heterocycles. The fraction of sp³-hybridized carbons (Fsp3) is 0.250. The van der Waals surface area contributed by atoms with E-state index in [0.29, 0.717) is 0 Å². The Labute approximate surface area is 98.7 Å². The molecule has 17 heavy (non-hydrogen) atoms. The minimum atomic E-state index is 0.852. The van der Waals surface area contributed by atoms with Crippen molar-refractivity contribution in [3.63, 3.8) is 0 Å². The number of fused-ring (bicyclic) bond motifs is 1. The molecule has 3 rings (SSSR count). The maximum atomic E-state index is 4.57. The Morgan fingerprint density at radius 3 is 2.71 bits per heavy atom. The van der Waals surface area contributed by atoms with Crippen LogP contribution in [-0.2, 0) is 7.05 Å². The quantitative estimate of drug-likeness (QED) is 0.636. The summed E-state index contributed by atoms with van der Waals surface area (Å²) in [5.41, 5.74) is 5.03. The highest BCUT2D eigenvalue weighted by Gasteiger charge is 2.14. The van der Waals surface area contributed by atoms with Crippen molar-refractivity contribution in [2.75, 3.05) is 0 Å². The molecule has 0 radical (unpaired) electrons. The van der Waals surface area contributed by atoms with Gasteiger partial charge in [-0.15, -0.1) is 0 Å². The van der Waals surface area contributed by atoms with E-state index < -0.39 is 0 Å². The topological polar surface area (TPSA) is 48.0 Å². The maximum absolute atomic E-state index is 4.57. The Bertz CT molecular complexity index is 659. The van der Waals surface area contributed by atoms with Gasteiger partial charge in [0.05, 0.1) is 17.6 Å².